The van der Waals surface area contributed by atoms with E-state index in [0.29, 0.717) is 22.4 Å². The SMILES string of the molecule is CCCOc1ccc(S(=O)(=O)Oc2ccccc2)c2c(=O)c3ccccc3sc12. The van der Waals surface area contributed by atoms with Crippen molar-refractivity contribution in [3.8, 4) is 11.5 Å². The highest BCUT2D eigenvalue weighted by Gasteiger charge is 2.25. The number of para-hydroxylation sites is 1. The molecule has 0 atom stereocenters. The van der Waals surface area contributed by atoms with Crippen LogP contribution in [0.3, 0.4) is 0 Å². The van der Waals surface area contributed by atoms with Gasteiger partial charge in [-0.05, 0) is 42.8 Å². The zero-order valence-electron chi connectivity index (χ0n) is 15.6. The fourth-order valence-electron chi connectivity index (χ4n) is 3.03. The molecule has 0 bridgehead atoms. The molecular formula is C22H18O5S2. The van der Waals surface area contributed by atoms with Gasteiger partial charge in [-0.15, -0.1) is 11.3 Å². The van der Waals surface area contributed by atoms with Gasteiger partial charge in [-0.1, -0.05) is 37.3 Å². The monoisotopic (exact) mass is 426 g/mol. The molecule has 1 aromatic heterocycles. The Balaban J connectivity index is 1.99. The van der Waals surface area contributed by atoms with Gasteiger partial charge in [0.05, 0.1) is 16.7 Å². The maximum absolute atomic E-state index is 13.3. The Hall–Kier alpha value is -2.90. The molecule has 3 aromatic carbocycles. The summed E-state index contributed by atoms with van der Waals surface area (Å²) in [5.41, 5.74) is -0.355. The fourth-order valence-corrected chi connectivity index (χ4v) is 5.40. The van der Waals surface area contributed by atoms with Crippen molar-refractivity contribution in [2.75, 3.05) is 6.61 Å². The minimum atomic E-state index is -4.22. The maximum atomic E-state index is 13.3. The molecule has 4 aromatic rings. The van der Waals surface area contributed by atoms with Crippen molar-refractivity contribution in [2.24, 2.45) is 0 Å². The molecule has 0 saturated heterocycles. The number of rotatable bonds is 6. The Bertz CT molecular complexity index is 1340. The van der Waals surface area contributed by atoms with Gasteiger partial charge in [0.1, 0.15) is 16.4 Å². The van der Waals surface area contributed by atoms with Crippen LogP contribution in [0, 0.1) is 0 Å². The van der Waals surface area contributed by atoms with Crippen molar-refractivity contribution in [2.45, 2.75) is 18.2 Å². The molecule has 148 valence electrons. The van der Waals surface area contributed by atoms with Gasteiger partial charge >= 0.3 is 10.1 Å². The molecule has 5 nitrogen and oxygen atoms in total. The molecule has 4 rings (SSSR count). The van der Waals surface area contributed by atoms with E-state index in [1.165, 1.54) is 17.4 Å². The number of benzene rings is 3. The van der Waals surface area contributed by atoms with Crippen molar-refractivity contribution in [1.82, 2.24) is 0 Å². The summed E-state index contributed by atoms with van der Waals surface area (Å²) in [5.74, 6) is 0.678. The predicted octanol–water partition coefficient (Wildman–Crippen LogP) is 4.97. The summed E-state index contributed by atoms with van der Waals surface area (Å²) in [6.45, 7) is 2.45. The van der Waals surface area contributed by atoms with Crippen LogP contribution in [0.1, 0.15) is 13.3 Å². The van der Waals surface area contributed by atoms with E-state index < -0.39 is 10.1 Å². The van der Waals surface area contributed by atoms with Gasteiger partial charge in [0.2, 0.25) is 0 Å². The van der Waals surface area contributed by atoms with Gasteiger partial charge in [0.25, 0.3) is 0 Å². The molecule has 1 heterocycles. The summed E-state index contributed by atoms with van der Waals surface area (Å²) in [6.07, 6.45) is 0.793. The quantitative estimate of drug-likeness (QED) is 0.322. The van der Waals surface area contributed by atoms with E-state index >= 15 is 0 Å². The van der Waals surface area contributed by atoms with Gasteiger partial charge in [-0.3, -0.25) is 4.79 Å². The largest absolute Gasteiger partial charge is 0.492 e. The minimum absolute atomic E-state index is 0.0956. The van der Waals surface area contributed by atoms with Crippen LogP contribution in [0.25, 0.3) is 20.2 Å². The molecule has 0 aliphatic carbocycles. The van der Waals surface area contributed by atoms with Crippen LogP contribution in [0.4, 0.5) is 0 Å². The highest BCUT2D eigenvalue weighted by atomic mass is 32.2. The first-order valence-electron chi connectivity index (χ1n) is 9.12. The average molecular weight is 427 g/mol. The first-order valence-corrected chi connectivity index (χ1v) is 11.3. The highest BCUT2D eigenvalue weighted by molar-refractivity contribution is 7.87. The molecular weight excluding hydrogens is 408 g/mol. The molecule has 0 aliphatic heterocycles. The Morgan fingerprint density at radius 3 is 2.41 bits per heavy atom. The van der Waals surface area contributed by atoms with Crippen LogP contribution in [-0.2, 0) is 10.1 Å². The fraction of sp³-hybridized carbons (Fsp3) is 0.136. The van der Waals surface area contributed by atoms with Crippen molar-refractivity contribution in [3.05, 3.63) is 77.0 Å². The van der Waals surface area contributed by atoms with E-state index in [-0.39, 0.29) is 21.5 Å². The van der Waals surface area contributed by atoms with Crippen LogP contribution in [-0.4, -0.2) is 15.0 Å². The molecule has 0 saturated carbocycles. The summed E-state index contributed by atoms with van der Waals surface area (Å²) in [5, 5.41) is 0.562. The molecule has 7 heteroatoms. The number of fused-ring (bicyclic) bond motifs is 2. The second-order valence-corrected chi connectivity index (χ2v) is 8.96. The van der Waals surface area contributed by atoms with Gasteiger partial charge in [-0.25, -0.2) is 0 Å². The number of ether oxygens (including phenoxy) is 1. The lowest BCUT2D eigenvalue weighted by Gasteiger charge is -2.13. The second kappa shape index (κ2) is 7.85. The van der Waals surface area contributed by atoms with E-state index in [1.807, 2.05) is 19.1 Å². The van der Waals surface area contributed by atoms with E-state index in [9.17, 15) is 13.2 Å². The zero-order valence-corrected chi connectivity index (χ0v) is 17.3. The van der Waals surface area contributed by atoms with Crippen LogP contribution in [0.2, 0.25) is 0 Å². The summed E-state index contributed by atoms with van der Waals surface area (Å²) < 4.78 is 38.4. The Labute approximate surface area is 172 Å². The van der Waals surface area contributed by atoms with Gasteiger partial charge in [-0.2, -0.15) is 8.42 Å². The summed E-state index contributed by atoms with van der Waals surface area (Å²) in [7, 11) is -4.22. The normalized spacial score (nSPS) is 11.6. The summed E-state index contributed by atoms with van der Waals surface area (Å²) in [4.78, 5) is 13.1. The molecule has 0 N–H and O–H groups in total. The van der Waals surface area contributed by atoms with Crippen LogP contribution in [0.5, 0.6) is 11.5 Å². The first-order chi connectivity index (χ1) is 14.0. The van der Waals surface area contributed by atoms with E-state index in [1.54, 1.807) is 48.5 Å². The molecule has 0 aliphatic rings. The Kier molecular flexibility index (Phi) is 5.25. The van der Waals surface area contributed by atoms with Crippen LogP contribution >= 0.6 is 11.3 Å². The lowest BCUT2D eigenvalue weighted by Crippen LogP contribution is -2.14. The standard InChI is InChI=1S/C22H18O5S2/c1-2-14-26-17-12-13-19(29(24,25)27-15-8-4-3-5-9-15)20-21(23)16-10-6-7-11-18(16)28-22(17)20/h3-13H,2,14H2,1H3. The van der Waals surface area contributed by atoms with Gasteiger partial charge < -0.3 is 8.92 Å². The topological polar surface area (TPSA) is 69.7 Å². The third-order valence-electron chi connectivity index (χ3n) is 4.33. The smallest absolute Gasteiger partial charge is 0.340 e. The van der Waals surface area contributed by atoms with Crippen molar-refractivity contribution in [1.29, 1.82) is 0 Å². The summed E-state index contributed by atoms with van der Waals surface area (Å²) >= 11 is 1.33. The van der Waals surface area contributed by atoms with Crippen molar-refractivity contribution in [3.63, 3.8) is 0 Å². The highest BCUT2D eigenvalue weighted by Crippen LogP contribution is 2.36. The third-order valence-corrected chi connectivity index (χ3v) is 6.81. The molecule has 0 fully saturated rings. The Morgan fingerprint density at radius 1 is 0.931 bits per heavy atom. The maximum Gasteiger partial charge on any atom is 0.340 e. The van der Waals surface area contributed by atoms with Crippen molar-refractivity contribution < 1.29 is 17.3 Å². The van der Waals surface area contributed by atoms with Gasteiger partial charge in [0, 0.05) is 10.1 Å². The predicted molar refractivity (Wildman–Crippen MR) is 116 cm³/mol. The molecule has 0 unspecified atom stereocenters. The second-order valence-electron chi connectivity index (χ2n) is 6.39. The number of hydrogen-bond acceptors (Lipinski definition) is 6. The minimum Gasteiger partial charge on any atom is -0.492 e. The summed E-state index contributed by atoms with van der Waals surface area (Å²) in [6, 6.07) is 18.3. The molecule has 0 spiro atoms. The number of hydrogen-bond donors (Lipinski definition) is 0. The first kappa shape index (κ1) is 19.4. The van der Waals surface area contributed by atoms with Crippen LogP contribution in [0.15, 0.2) is 76.4 Å². The van der Waals surface area contributed by atoms with E-state index in [4.69, 9.17) is 8.92 Å². The molecule has 0 amide bonds. The lowest BCUT2D eigenvalue weighted by molar-refractivity contribution is 0.321. The molecule has 0 radical (unpaired) electrons. The van der Waals surface area contributed by atoms with Gasteiger partial charge in [0.15, 0.2) is 5.43 Å². The van der Waals surface area contributed by atoms with E-state index in [0.717, 1.165) is 11.1 Å². The molecule has 29 heavy (non-hydrogen) atoms. The van der Waals surface area contributed by atoms with E-state index in [2.05, 4.69) is 0 Å². The Morgan fingerprint density at radius 2 is 1.66 bits per heavy atom. The lowest BCUT2D eigenvalue weighted by atomic mass is 10.2. The van der Waals surface area contributed by atoms with Crippen molar-refractivity contribution >= 4 is 41.6 Å². The van der Waals surface area contributed by atoms with Crippen LogP contribution < -0.4 is 14.3 Å². The zero-order chi connectivity index (χ0) is 20.4. The average Bonchev–Trinajstić information content (AvgIpc) is 2.72. The third kappa shape index (κ3) is 3.71.